The Kier molecular flexibility index (Phi) is 2.91. The smallest absolute Gasteiger partial charge is 0.0956 e. The molecule has 1 aromatic rings. The minimum atomic E-state index is -0.583. The first kappa shape index (κ1) is 10.1. The first-order chi connectivity index (χ1) is 6.77. The third-order valence-corrected chi connectivity index (χ3v) is 3.95. The van der Waals surface area contributed by atoms with Crippen LogP contribution in [0.1, 0.15) is 25.3 Å². The van der Waals surface area contributed by atoms with Gasteiger partial charge in [-0.3, -0.25) is 0 Å². The van der Waals surface area contributed by atoms with Crippen molar-refractivity contribution in [2.75, 3.05) is 13.1 Å². The molecule has 0 bridgehead atoms. The van der Waals surface area contributed by atoms with E-state index >= 15 is 0 Å². The lowest BCUT2D eigenvalue weighted by Crippen LogP contribution is -2.47. The van der Waals surface area contributed by atoms with E-state index in [0.717, 1.165) is 31.5 Å². The van der Waals surface area contributed by atoms with Crippen LogP contribution in [0.25, 0.3) is 0 Å². The molecule has 2 nitrogen and oxygen atoms in total. The van der Waals surface area contributed by atoms with Crippen LogP contribution < -0.4 is 5.32 Å². The van der Waals surface area contributed by atoms with Crippen molar-refractivity contribution in [1.29, 1.82) is 0 Å². The van der Waals surface area contributed by atoms with E-state index in [1.54, 1.807) is 11.3 Å². The number of aliphatic hydroxyl groups is 1. The molecule has 0 radical (unpaired) electrons. The lowest BCUT2D eigenvalue weighted by molar-refractivity contribution is -0.0475. The molecule has 2 N–H and O–H groups in total. The fourth-order valence-corrected chi connectivity index (χ4v) is 3.03. The highest BCUT2D eigenvalue weighted by atomic mass is 32.1. The van der Waals surface area contributed by atoms with Crippen LogP contribution >= 0.6 is 11.3 Å². The van der Waals surface area contributed by atoms with E-state index in [0.29, 0.717) is 5.92 Å². The molecule has 0 saturated carbocycles. The molecule has 0 aromatic carbocycles. The average molecular weight is 211 g/mol. The summed E-state index contributed by atoms with van der Waals surface area (Å²) in [5.74, 6) is 0.353. The van der Waals surface area contributed by atoms with Crippen molar-refractivity contribution in [2.24, 2.45) is 5.92 Å². The van der Waals surface area contributed by atoms with Gasteiger partial charge in [-0.25, -0.2) is 0 Å². The van der Waals surface area contributed by atoms with Crippen LogP contribution in [0.15, 0.2) is 16.8 Å². The fourth-order valence-electron chi connectivity index (χ4n) is 2.30. The molecule has 2 rings (SSSR count). The maximum absolute atomic E-state index is 10.7. The first-order valence-corrected chi connectivity index (χ1v) is 6.17. The Morgan fingerprint density at radius 3 is 3.21 bits per heavy atom. The number of thiophene rings is 1. The van der Waals surface area contributed by atoms with E-state index in [2.05, 4.69) is 23.7 Å². The monoisotopic (exact) mass is 211 g/mol. The molecule has 1 fully saturated rings. The Morgan fingerprint density at radius 1 is 1.71 bits per heavy atom. The Labute approximate surface area is 89.0 Å². The molecule has 0 spiro atoms. The van der Waals surface area contributed by atoms with Crippen molar-refractivity contribution in [3.8, 4) is 0 Å². The van der Waals surface area contributed by atoms with Crippen molar-refractivity contribution in [3.05, 3.63) is 22.4 Å². The Hall–Kier alpha value is -0.380. The van der Waals surface area contributed by atoms with Crippen LogP contribution in [0.5, 0.6) is 0 Å². The average Bonchev–Trinajstić information content (AvgIpc) is 2.72. The van der Waals surface area contributed by atoms with Gasteiger partial charge in [0.15, 0.2) is 0 Å². The zero-order valence-corrected chi connectivity index (χ0v) is 9.31. The minimum Gasteiger partial charge on any atom is -0.385 e. The SMILES string of the molecule is CCC1CNCCC1(O)c1ccsc1. The summed E-state index contributed by atoms with van der Waals surface area (Å²) in [6.07, 6.45) is 1.86. The summed E-state index contributed by atoms with van der Waals surface area (Å²) >= 11 is 1.66. The minimum absolute atomic E-state index is 0.353. The summed E-state index contributed by atoms with van der Waals surface area (Å²) in [5.41, 5.74) is 0.524. The summed E-state index contributed by atoms with van der Waals surface area (Å²) in [7, 11) is 0. The summed E-state index contributed by atoms with van der Waals surface area (Å²) < 4.78 is 0. The Bertz CT molecular complexity index is 285. The standard InChI is InChI=1S/C11H17NOS/c1-2-9-7-12-5-4-11(9,13)10-3-6-14-8-10/h3,6,8-9,12-13H,2,4-5,7H2,1H3. The molecule has 78 valence electrons. The van der Waals surface area contributed by atoms with E-state index < -0.39 is 5.60 Å². The van der Waals surface area contributed by atoms with Crippen LogP contribution in [0.3, 0.4) is 0 Å². The largest absolute Gasteiger partial charge is 0.385 e. The molecule has 1 aromatic heterocycles. The van der Waals surface area contributed by atoms with Gasteiger partial charge in [0.2, 0.25) is 0 Å². The number of hydrogen-bond donors (Lipinski definition) is 2. The number of piperidine rings is 1. The molecule has 1 aliphatic heterocycles. The van der Waals surface area contributed by atoms with E-state index in [-0.39, 0.29) is 0 Å². The van der Waals surface area contributed by atoms with Crippen molar-refractivity contribution < 1.29 is 5.11 Å². The molecule has 3 heteroatoms. The van der Waals surface area contributed by atoms with E-state index in [1.165, 1.54) is 0 Å². The summed E-state index contributed by atoms with van der Waals surface area (Å²) in [5, 5.41) is 18.1. The van der Waals surface area contributed by atoms with Crippen molar-refractivity contribution in [3.63, 3.8) is 0 Å². The molecule has 2 atom stereocenters. The van der Waals surface area contributed by atoms with Gasteiger partial charge in [-0.1, -0.05) is 6.92 Å². The molecule has 0 aliphatic carbocycles. The topological polar surface area (TPSA) is 32.3 Å². The quantitative estimate of drug-likeness (QED) is 0.783. The summed E-state index contributed by atoms with van der Waals surface area (Å²) in [6.45, 7) is 4.00. The maximum Gasteiger partial charge on any atom is 0.0956 e. The van der Waals surface area contributed by atoms with Crippen molar-refractivity contribution in [2.45, 2.75) is 25.4 Å². The molecule has 14 heavy (non-hydrogen) atoms. The van der Waals surface area contributed by atoms with E-state index in [1.807, 2.05) is 5.38 Å². The second-order valence-electron chi connectivity index (χ2n) is 4.00. The second kappa shape index (κ2) is 4.01. The number of rotatable bonds is 2. The van der Waals surface area contributed by atoms with E-state index in [9.17, 15) is 5.11 Å². The fraction of sp³-hybridized carbons (Fsp3) is 0.636. The van der Waals surface area contributed by atoms with Gasteiger partial charge < -0.3 is 10.4 Å². The van der Waals surface area contributed by atoms with E-state index in [4.69, 9.17) is 0 Å². The van der Waals surface area contributed by atoms with Gasteiger partial charge in [-0.05, 0) is 41.8 Å². The van der Waals surface area contributed by atoms with Crippen LogP contribution in [0.2, 0.25) is 0 Å². The highest BCUT2D eigenvalue weighted by molar-refractivity contribution is 7.08. The second-order valence-corrected chi connectivity index (χ2v) is 4.78. The van der Waals surface area contributed by atoms with Crippen LogP contribution in [0.4, 0.5) is 0 Å². The third kappa shape index (κ3) is 1.60. The van der Waals surface area contributed by atoms with Crippen LogP contribution in [0, 0.1) is 5.92 Å². The normalized spacial score (nSPS) is 33.1. The zero-order valence-electron chi connectivity index (χ0n) is 8.49. The van der Waals surface area contributed by atoms with Gasteiger partial charge in [-0.2, -0.15) is 11.3 Å². The molecule has 1 aliphatic rings. The molecule has 0 amide bonds. The lowest BCUT2D eigenvalue weighted by atomic mass is 9.76. The Balaban J connectivity index is 2.27. The van der Waals surface area contributed by atoms with Crippen molar-refractivity contribution >= 4 is 11.3 Å². The van der Waals surface area contributed by atoms with Gasteiger partial charge in [0, 0.05) is 12.5 Å². The maximum atomic E-state index is 10.7. The third-order valence-electron chi connectivity index (χ3n) is 3.26. The van der Waals surface area contributed by atoms with Gasteiger partial charge in [-0.15, -0.1) is 0 Å². The summed E-state index contributed by atoms with van der Waals surface area (Å²) in [6, 6.07) is 2.05. The molecular formula is C11H17NOS. The van der Waals surface area contributed by atoms with Gasteiger partial charge in [0.05, 0.1) is 5.60 Å². The molecule has 2 unspecified atom stereocenters. The number of nitrogens with one attached hydrogen (secondary N) is 1. The molecular weight excluding hydrogens is 194 g/mol. The highest BCUT2D eigenvalue weighted by Crippen LogP contribution is 2.37. The molecule has 2 heterocycles. The van der Waals surface area contributed by atoms with Gasteiger partial charge in [0.1, 0.15) is 0 Å². The van der Waals surface area contributed by atoms with Crippen molar-refractivity contribution in [1.82, 2.24) is 5.32 Å². The zero-order chi connectivity index (χ0) is 10.0. The number of hydrogen-bond acceptors (Lipinski definition) is 3. The van der Waals surface area contributed by atoms with Gasteiger partial charge >= 0.3 is 0 Å². The highest BCUT2D eigenvalue weighted by Gasteiger charge is 2.39. The predicted octanol–water partition coefficient (Wildman–Crippen LogP) is 1.96. The first-order valence-electron chi connectivity index (χ1n) is 5.23. The van der Waals surface area contributed by atoms with Gasteiger partial charge in [0.25, 0.3) is 0 Å². The molecule has 1 saturated heterocycles. The lowest BCUT2D eigenvalue weighted by Gasteiger charge is -2.39. The summed E-state index contributed by atoms with van der Waals surface area (Å²) in [4.78, 5) is 0. The predicted molar refractivity (Wildman–Crippen MR) is 59.5 cm³/mol. The van der Waals surface area contributed by atoms with Crippen LogP contribution in [-0.4, -0.2) is 18.2 Å². The van der Waals surface area contributed by atoms with Crippen LogP contribution in [-0.2, 0) is 5.60 Å². The Morgan fingerprint density at radius 2 is 2.57 bits per heavy atom.